The zero-order valence-electron chi connectivity index (χ0n) is 19.8. The molecule has 2 heterocycles. The van der Waals surface area contributed by atoms with Gasteiger partial charge in [-0.2, -0.15) is 0 Å². The maximum atomic E-state index is 14.0. The molecule has 5 nitrogen and oxygen atoms in total. The van der Waals surface area contributed by atoms with E-state index in [1.165, 1.54) is 12.1 Å². The number of ether oxygens (including phenoxy) is 1. The third-order valence-electron chi connectivity index (χ3n) is 8.58. The molecule has 1 atom stereocenters. The third-order valence-corrected chi connectivity index (χ3v) is 8.58. The first kappa shape index (κ1) is 22.9. The molecule has 0 unspecified atom stereocenters. The predicted molar refractivity (Wildman–Crippen MR) is 128 cm³/mol. The maximum Gasteiger partial charge on any atom is 0.233 e. The number of carbonyl (C=O) groups excluding carboxylic acids is 2. The van der Waals surface area contributed by atoms with Crippen LogP contribution in [0.1, 0.15) is 62.0 Å². The summed E-state index contributed by atoms with van der Waals surface area (Å²) in [6, 6.07) is 14.7. The summed E-state index contributed by atoms with van der Waals surface area (Å²) in [5.74, 6) is 0.974. The number of halogens is 1. The van der Waals surface area contributed by atoms with Crippen LogP contribution in [0.3, 0.4) is 0 Å². The Hall–Kier alpha value is -2.89. The molecule has 1 N–H and O–H groups in total. The van der Waals surface area contributed by atoms with Crippen molar-refractivity contribution in [2.45, 2.75) is 56.3 Å². The van der Waals surface area contributed by atoms with Gasteiger partial charge in [0.25, 0.3) is 0 Å². The van der Waals surface area contributed by atoms with E-state index in [0.29, 0.717) is 26.1 Å². The van der Waals surface area contributed by atoms with Gasteiger partial charge < -0.3 is 15.0 Å². The maximum absolute atomic E-state index is 14.0. The van der Waals surface area contributed by atoms with Crippen LogP contribution in [0.25, 0.3) is 0 Å². The highest BCUT2D eigenvalue weighted by molar-refractivity contribution is 5.89. The highest BCUT2D eigenvalue weighted by Crippen LogP contribution is 2.50. The molecule has 1 saturated carbocycles. The van der Waals surface area contributed by atoms with Crippen LogP contribution < -0.4 is 10.1 Å². The van der Waals surface area contributed by atoms with E-state index < -0.39 is 5.41 Å². The Morgan fingerprint density at radius 2 is 1.65 bits per heavy atom. The molecule has 6 heteroatoms. The van der Waals surface area contributed by atoms with Crippen molar-refractivity contribution in [3.05, 3.63) is 65.5 Å². The average molecular weight is 465 g/mol. The molecule has 5 rings (SSSR count). The van der Waals surface area contributed by atoms with Crippen molar-refractivity contribution >= 4 is 11.8 Å². The summed E-state index contributed by atoms with van der Waals surface area (Å²) in [6.07, 6.45) is 5.89. The topological polar surface area (TPSA) is 58.6 Å². The quantitative estimate of drug-likeness (QED) is 0.722. The van der Waals surface area contributed by atoms with Crippen LogP contribution >= 0.6 is 0 Å². The summed E-state index contributed by atoms with van der Waals surface area (Å²) in [5.41, 5.74) is 1.49. The fraction of sp³-hybridized carbons (Fsp3) is 0.500. The molecule has 34 heavy (non-hydrogen) atoms. The molecule has 0 bridgehead atoms. The number of rotatable bonds is 4. The molecule has 0 radical (unpaired) electrons. The highest BCUT2D eigenvalue weighted by atomic mass is 19.1. The molecule has 2 aliphatic heterocycles. The van der Waals surface area contributed by atoms with Gasteiger partial charge in [-0.3, -0.25) is 9.59 Å². The van der Waals surface area contributed by atoms with Gasteiger partial charge in [-0.15, -0.1) is 0 Å². The number of carbonyl (C=O) groups is 2. The molecule has 3 fully saturated rings. The van der Waals surface area contributed by atoms with E-state index in [9.17, 15) is 14.0 Å². The lowest BCUT2D eigenvalue weighted by atomic mass is 9.62. The average Bonchev–Trinajstić information content (AvgIpc) is 3.36. The molecule has 180 valence electrons. The van der Waals surface area contributed by atoms with E-state index in [-0.39, 0.29) is 29.0 Å². The lowest BCUT2D eigenvalue weighted by Crippen LogP contribution is -2.55. The number of nitrogens with one attached hydrogen (secondary N) is 1. The molecule has 1 spiro atoms. The minimum Gasteiger partial charge on any atom is -0.497 e. The van der Waals surface area contributed by atoms with E-state index in [1.54, 1.807) is 7.11 Å². The number of hydrogen-bond acceptors (Lipinski definition) is 3. The lowest BCUT2D eigenvalue weighted by Gasteiger charge is -2.50. The fourth-order valence-electron chi connectivity index (χ4n) is 6.60. The third kappa shape index (κ3) is 3.97. The SMILES string of the molecule is COc1ccc(C2(C(=O)N3CCC4(CC3)CC(=O)NC[C@H]4c3ccc(F)cc3)CCCC2)cc1. The van der Waals surface area contributed by atoms with Crippen LogP contribution in [-0.2, 0) is 15.0 Å². The second kappa shape index (κ2) is 9.05. The van der Waals surface area contributed by atoms with Crippen molar-refractivity contribution in [3.8, 4) is 5.75 Å². The summed E-state index contributed by atoms with van der Waals surface area (Å²) in [4.78, 5) is 28.4. The first-order valence-electron chi connectivity index (χ1n) is 12.4. The molecule has 2 aromatic rings. The molecule has 1 aliphatic carbocycles. The Kier molecular flexibility index (Phi) is 6.09. The summed E-state index contributed by atoms with van der Waals surface area (Å²) in [7, 11) is 1.65. The van der Waals surface area contributed by atoms with Crippen LogP contribution in [0.5, 0.6) is 5.75 Å². The van der Waals surface area contributed by atoms with E-state index >= 15 is 0 Å². The second-order valence-corrected chi connectivity index (χ2v) is 10.3. The van der Waals surface area contributed by atoms with E-state index in [4.69, 9.17) is 4.74 Å². The van der Waals surface area contributed by atoms with E-state index in [1.807, 2.05) is 41.3 Å². The van der Waals surface area contributed by atoms with Gasteiger partial charge in [0.2, 0.25) is 11.8 Å². The molecule has 2 saturated heterocycles. The molecular formula is C28H33FN2O3. The number of nitrogens with zero attached hydrogens (tertiary/aromatic N) is 1. The van der Waals surface area contributed by atoms with E-state index in [0.717, 1.165) is 55.4 Å². The second-order valence-electron chi connectivity index (χ2n) is 10.3. The van der Waals surface area contributed by atoms with Crippen molar-refractivity contribution in [1.82, 2.24) is 10.2 Å². The number of methoxy groups -OCH3 is 1. The predicted octanol–water partition coefficient (Wildman–Crippen LogP) is 4.56. The number of benzene rings is 2. The number of piperidine rings is 2. The van der Waals surface area contributed by atoms with E-state index in [2.05, 4.69) is 5.32 Å². The minimum absolute atomic E-state index is 0.0728. The molecular weight excluding hydrogens is 431 g/mol. The van der Waals surface area contributed by atoms with Crippen LogP contribution in [0.4, 0.5) is 4.39 Å². The normalized spacial score (nSPS) is 23.5. The standard InChI is InChI=1S/C28H33FN2O3/c1-34-23-10-6-21(7-11-23)28(12-2-3-13-28)26(33)31-16-14-27(15-17-31)18-25(32)30-19-24(27)20-4-8-22(29)9-5-20/h4-11,24H,2-3,12-19H2,1H3,(H,30,32)/t24-/m0/s1. The van der Waals surface area contributed by atoms with Crippen LogP contribution in [0.15, 0.2) is 48.5 Å². The van der Waals surface area contributed by atoms with Gasteiger partial charge in [0.05, 0.1) is 12.5 Å². The van der Waals surface area contributed by atoms with Crippen LogP contribution in [0.2, 0.25) is 0 Å². The zero-order chi connectivity index (χ0) is 23.8. The monoisotopic (exact) mass is 464 g/mol. The fourth-order valence-corrected chi connectivity index (χ4v) is 6.60. The van der Waals surface area contributed by atoms with Gasteiger partial charge in [-0.1, -0.05) is 37.1 Å². The Morgan fingerprint density at radius 3 is 2.26 bits per heavy atom. The van der Waals surface area contributed by atoms with Crippen LogP contribution in [0, 0.1) is 11.2 Å². The Morgan fingerprint density at radius 1 is 1.00 bits per heavy atom. The number of amides is 2. The Bertz CT molecular complexity index is 1040. The summed E-state index contributed by atoms with van der Waals surface area (Å²) in [6.45, 7) is 1.87. The van der Waals surface area contributed by atoms with Crippen molar-refractivity contribution in [1.29, 1.82) is 0 Å². The summed E-state index contributed by atoms with van der Waals surface area (Å²) >= 11 is 0. The minimum atomic E-state index is -0.461. The lowest BCUT2D eigenvalue weighted by molar-refractivity contribution is -0.141. The number of hydrogen-bond donors (Lipinski definition) is 1. The Labute approximate surface area is 200 Å². The summed E-state index contributed by atoms with van der Waals surface area (Å²) in [5, 5.41) is 3.01. The first-order valence-corrected chi connectivity index (χ1v) is 12.4. The van der Waals surface area contributed by atoms with Gasteiger partial charge in [0, 0.05) is 32.0 Å². The zero-order valence-corrected chi connectivity index (χ0v) is 19.8. The van der Waals surface area contributed by atoms with Gasteiger partial charge in [0.1, 0.15) is 11.6 Å². The first-order chi connectivity index (χ1) is 16.5. The smallest absolute Gasteiger partial charge is 0.233 e. The van der Waals surface area contributed by atoms with Gasteiger partial charge >= 0.3 is 0 Å². The van der Waals surface area contributed by atoms with Gasteiger partial charge in [0.15, 0.2) is 0 Å². The molecule has 2 amide bonds. The van der Waals surface area contributed by atoms with Crippen molar-refractivity contribution in [2.75, 3.05) is 26.7 Å². The Balaban J connectivity index is 1.36. The molecule has 2 aromatic carbocycles. The molecule has 0 aromatic heterocycles. The largest absolute Gasteiger partial charge is 0.497 e. The summed E-state index contributed by atoms with van der Waals surface area (Å²) < 4.78 is 18.9. The van der Waals surface area contributed by atoms with Crippen molar-refractivity contribution in [2.24, 2.45) is 5.41 Å². The number of likely N-dealkylation sites (tertiary alicyclic amines) is 1. The van der Waals surface area contributed by atoms with Gasteiger partial charge in [-0.05, 0) is 66.5 Å². The van der Waals surface area contributed by atoms with Crippen molar-refractivity contribution in [3.63, 3.8) is 0 Å². The van der Waals surface area contributed by atoms with Gasteiger partial charge in [-0.25, -0.2) is 4.39 Å². The molecule has 3 aliphatic rings. The highest BCUT2D eigenvalue weighted by Gasteiger charge is 2.50. The van der Waals surface area contributed by atoms with Crippen molar-refractivity contribution < 1.29 is 18.7 Å². The van der Waals surface area contributed by atoms with Crippen LogP contribution in [-0.4, -0.2) is 43.5 Å².